The smallest absolute Gasteiger partial charge is 0.292 e. The van der Waals surface area contributed by atoms with Crippen molar-refractivity contribution < 1.29 is 18.8 Å². The lowest BCUT2D eigenvalue weighted by molar-refractivity contribution is -0.00930. The van der Waals surface area contributed by atoms with Crippen LogP contribution in [0.1, 0.15) is 30.8 Å². The molecule has 0 bridgehead atoms. The van der Waals surface area contributed by atoms with Crippen LogP contribution in [0.25, 0.3) is 11.3 Å². The number of ether oxygens (including phenoxy) is 2. The van der Waals surface area contributed by atoms with E-state index < -0.39 is 0 Å². The molecular weight excluding hydrogens is 356 g/mol. The van der Waals surface area contributed by atoms with E-state index in [0.717, 1.165) is 6.42 Å². The van der Waals surface area contributed by atoms with E-state index in [1.54, 1.807) is 31.4 Å². The highest BCUT2D eigenvalue weighted by molar-refractivity contribution is 6.33. The minimum atomic E-state index is -0.170. The van der Waals surface area contributed by atoms with E-state index in [-0.39, 0.29) is 17.7 Å². The number of rotatable bonds is 5. The van der Waals surface area contributed by atoms with E-state index in [0.29, 0.717) is 47.7 Å². The highest BCUT2D eigenvalue weighted by Crippen LogP contribution is 2.31. The summed E-state index contributed by atoms with van der Waals surface area (Å²) in [5, 5.41) is 4.55. The Morgan fingerprint density at radius 1 is 1.42 bits per heavy atom. The zero-order chi connectivity index (χ0) is 18.7. The molecule has 2 aromatic rings. The third kappa shape index (κ3) is 4.02. The summed E-state index contributed by atoms with van der Waals surface area (Å²) in [5.74, 6) is 1.16. The number of hydrogen-bond donors (Lipinski definition) is 0. The first-order valence-corrected chi connectivity index (χ1v) is 9.06. The predicted octanol–water partition coefficient (Wildman–Crippen LogP) is 3.89. The Balaban J connectivity index is 1.83. The maximum Gasteiger partial charge on any atom is 0.292 e. The van der Waals surface area contributed by atoms with E-state index in [2.05, 4.69) is 19.0 Å². The van der Waals surface area contributed by atoms with Gasteiger partial charge in [-0.2, -0.15) is 0 Å². The second-order valence-electron chi connectivity index (χ2n) is 6.78. The lowest BCUT2D eigenvalue weighted by atomic mass is 10.0. The number of carbonyl (C=O) groups excluding carboxylic acids is 1. The van der Waals surface area contributed by atoms with Crippen LogP contribution in [0.15, 0.2) is 28.8 Å². The summed E-state index contributed by atoms with van der Waals surface area (Å²) in [5.41, 5.74) is 1.17. The largest absolute Gasteiger partial charge is 0.497 e. The van der Waals surface area contributed by atoms with Crippen molar-refractivity contribution in [3.63, 3.8) is 0 Å². The van der Waals surface area contributed by atoms with Crippen molar-refractivity contribution in [2.75, 3.05) is 26.9 Å². The van der Waals surface area contributed by atoms with Crippen molar-refractivity contribution in [2.24, 2.45) is 5.92 Å². The van der Waals surface area contributed by atoms with Gasteiger partial charge in [0.2, 0.25) is 5.76 Å². The van der Waals surface area contributed by atoms with E-state index in [1.165, 1.54) is 0 Å². The molecule has 2 heterocycles. The third-order valence-corrected chi connectivity index (χ3v) is 4.73. The summed E-state index contributed by atoms with van der Waals surface area (Å²) in [7, 11) is 1.58. The molecule has 0 aliphatic carbocycles. The van der Waals surface area contributed by atoms with Crippen molar-refractivity contribution in [2.45, 2.75) is 26.3 Å². The normalized spacial score (nSPS) is 17.6. The molecule has 1 aromatic heterocycles. The Morgan fingerprint density at radius 3 is 2.96 bits per heavy atom. The van der Waals surface area contributed by atoms with Crippen LogP contribution in [0.3, 0.4) is 0 Å². The molecule has 0 N–H and O–H groups in total. The van der Waals surface area contributed by atoms with Crippen LogP contribution in [-0.4, -0.2) is 48.9 Å². The van der Waals surface area contributed by atoms with Crippen molar-refractivity contribution in [1.82, 2.24) is 10.1 Å². The minimum Gasteiger partial charge on any atom is -0.497 e. The number of carbonyl (C=O) groups is 1. The fourth-order valence-corrected chi connectivity index (χ4v) is 3.35. The molecule has 1 atom stereocenters. The Hall–Kier alpha value is -2.05. The van der Waals surface area contributed by atoms with Gasteiger partial charge in [0, 0.05) is 18.2 Å². The maximum atomic E-state index is 12.9. The summed E-state index contributed by atoms with van der Waals surface area (Å²) >= 11 is 6.26. The quantitative estimate of drug-likeness (QED) is 0.789. The van der Waals surface area contributed by atoms with Crippen molar-refractivity contribution in [1.29, 1.82) is 0 Å². The molecule has 1 saturated heterocycles. The molecule has 3 rings (SSSR count). The summed E-state index contributed by atoms with van der Waals surface area (Å²) < 4.78 is 16.1. The lowest BCUT2D eigenvalue weighted by Crippen LogP contribution is -2.49. The van der Waals surface area contributed by atoms with Crippen LogP contribution in [0.4, 0.5) is 0 Å². The number of halogens is 1. The molecule has 1 aliphatic heterocycles. The van der Waals surface area contributed by atoms with Crippen LogP contribution in [0, 0.1) is 5.92 Å². The van der Waals surface area contributed by atoms with Gasteiger partial charge in [0.25, 0.3) is 5.91 Å². The van der Waals surface area contributed by atoms with Crippen LogP contribution in [0.5, 0.6) is 5.75 Å². The van der Waals surface area contributed by atoms with Crippen LogP contribution in [-0.2, 0) is 4.74 Å². The predicted molar refractivity (Wildman–Crippen MR) is 98.6 cm³/mol. The van der Waals surface area contributed by atoms with Crippen LogP contribution >= 0.6 is 11.6 Å². The second kappa shape index (κ2) is 8.10. The van der Waals surface area contributed by atoms with Crippen LogP contribution < -0.4 is 4.74 Å². The van der Waals surface area contributed by atoms with Crippen LogP contribution in [0.2, 0.25) is 5.02 Å². The molecule has 7 heteroatoms. The molecular formula is C19H23ClN2O4. The summed E-state index contributed by atoms with van der Waals surface area (Å²) in [4.78, 5) is 14.7. The number of methoxy groups -OCH3 is 1. The zero-order valence-corrected chi connectivity index (χ0v) is 16.0. The minimum absolute atomic E-state index is 0.0465. The van der Waals surface area contributed by atoms with Gasteiger partial charge in [-0.1, -0.05) is 30.6 Å². The Kier molecular flexibility index (Phi) is 5.84. The Bertz CT molecular complexity index is 775. The van der Waals surface area contributed by atoms with E-state index in [4.69, 9.17) is 25.6 Å². The van der Waals surface area contributed by atoms with Crippen molar-refractivity contribution >= 4 is 17.5 Å². The highest BCUT2D eigenvalue weighted by atomic mass is 35.5. The standard InChI is InChI=1S/C19H23ClN2O4/c1-12(2)8-13-11-25-7-6-22(13)19(23)18-10-17(21-26-18)15-9-14(24-3)4-5-16(15)20/h4-5,9-10,12-13H,6-8,11H2,1-3H3/t13-/m0/s1. The zero-order valence-electron chi connectivity index (χ0n) is 15.2. The van der Waals surface area contributed by atoms with Gasteiger partial charge in [-0.3, -0.25) is 4.79 Å². The summed E-state index contributed by atoms with van der Waals surface area (Å²) in [6.45, 7) is 5.89. The molecule has 1 amide bonds. The average Bonchev–Trinajstić information content (AvgIpc) is 3.11. The van der Waals surface area contributed by atoms with Gasteiger partial charge in [0.1, 0.15) is 11.4 Å². The van der Waals surface area contributed by atoms with Gasteiger partial charge in [-0.15, -0.1) is 0 Å². The van der Waals surface area contributed by atoms with Gasteiger partial charge in [-0.05, 0) is 30.5 Å². The second-order valence-corrected chi connectivity index (χ2v) is 7.19. The maximum absolute atomic E-state index is 12.9. The number of nitrogens with zero attached hydrogens (tertiary/aromatic N) is 2. The molecule has 26 heavy (non-hydrogen) atoms. The van der Waals surface area contributed by atoms with Gasteiger partial charge in [0.05, 0.1) is 31.4 Å². The first kappa shape index (κ1) is 18.7. The molecule has 1 fully saturated rings. The monoisotopic (exact) mass is 378 g/mol. The first-order valence-electron chi connectivity index (χ1n) is 8.69. The fourth-order valence-electron chi connectivity index (χ4n) is 3.13. The SMILES string of the molecule is COc1ccc(Cl)c(-c2cc(C(=O)N3CCOC[C@@H]3CC(C)C)on2)c1. The fraction of sp³-hybridized carbons (Fsp3) is 0.474. The van der Waals surface area contributed by atoms with Crippen molar-refractivity contribution in [3.8, 4) is 17.0 Å². The summed E-state index contributed by atoms with van der Waals surface area (Å²) in [6.07, 6.45) is 0.883. The molecule has 0 saturated carbocycles. The van der Waals surface area contributed by atoms with Gasteiger partial charge >= 0.3 is 0 Å². The van der Waals surface area contributed by atoms with E-state index >= 15 is 0 Å². The molecule has 1 aromatic carbocycles. The first-order chi connectivity index (χ1) is 12.5. The van der Waals surface area contributed by atoms with Crippen molar-refractivity contribution in [3.05, 3.63) is 35.0 Å². The number of aromatic nitrogens is 1. The average molecular weight is 379 g/mol. The van der Waals surface area contributed by atoms with E-state index in [9.17, 15) is 4.79 Å². The molecule has 140 valence electrons. The number of benzene rings is 1. The third-order valence-electron chi connectivity index (χ3n) is 4.40. The lowest BCUT2D eigenvalue weighted by Gasteiger charge is -2.35. The molecule has 0 unspecified atom stereocenters. The summed E-state index contributed by atoms with van der Waals surface area (Å²) in [6, 6.07) is 6.94. The van der Waals surface area contributed by atoms with Gasteiger partial charge in [-0.25, -0.2) is 0 Å². The number of hydrogen-bond acceptors (Lipinski definition) is 5. The topological polar surface area (TPSA) is 64.8 Å². The van der Waals surface area contributed by atoms with E-state index in [1.807, 2.05) is 4.90 Å². The Morgan fingerprint density at radius 2 is 2.23 bits per heavy atom. The Labute approximate surface area is 158 Å². The molecule has 0 spiro atoms. The molecule has 6 nitrogen and oxygen atoms in total. The number of morpholine rings is 1. The van der Waals surface area contributed by atoms with Gasteiger partial charge < -0.3 is 18.9 Å². The molecule has 1 aliphatic rings. The van der Waals surface area contributed by atoms with Gasteiger partial charge in [0.15, 0.2) is 0 Å². The highest BCUT2D eigenvalue weighted by Gasteiger charge is 2.31. The molecule has 0 radical (unpaired) electrons. The number of amides is 1.